The van der Waals surface area contributed by atoms with Crippen LogP contribution in [0.1, 0.15) is 27.0 Å². The third kappa shape index (κ3) is 5.33. The van der Waals surface area contributed by atoms with Crippen LogP contribution in [0.15, 0.2) is 65.7 Å². The molecular formula is C25H24FN3O5S. The Balaban J connectivity index is 1.72. The predicted octanol–water partition coefficient (Wildman–Crippen LogP) is 2.91. The van der Waals surface area contributed by atoms with Crippen LogP contribution in [0.5, 0.6) is 5.75 Å². The average Bonchev–Trinajstić information content (AvgIpc) is 3.19. The summed E-state index contributed by atoms with van der Waals surface area (Å²) in [5.41, 5.74) is 1.92. The molecule has 0 spiro atoms. The highest BCUT2D eigenvalue weighted by molar-refractivity contribution is 7.89. The lowest BCUT2D eigenvalue weighted by atomic mass is 9.96. The molecule has 0 unspecified atom stereocenters. The maximum Gasteiger partial charge on any atom is 0.272 e. The molecule has 0 fully saturated rings. The van der Waals surface area contributed by atoms with E-state index in [1.807, 2.05) is 0 Å². The zero-order chi connectivity index (χ0) is 25.2. The summed E-state index contributed by atoms with van der Waals surface area (Å²) in [4.78, 5) is 28.6. The van der Waals surface area contributed by atoms with E-state index in [2.05, 4.69) is 9.71 Å². The lowest BCUT2D eigenvalue weighted by Gasteiger charge is -2.13. The molecule has 2 aromatic heterocycles. The number of sulfonamides is 1. The minimum absolute atomic E-state index is 0.105. The smallest absolute Gasteiger partial charge is 0.272 e. The van der Waals surface area contributed by atoms with Gasteiger partial charge in [-0.1, -0.05) is 18.2 Å². The van der Waals surface area contributed by atoms with Gasteiger partial charge < -0.3 is 14.3 Å². The molecule has 0 atom stereocenters. The molecule has 2 N–H and O–H groups in total. The quantitative estimate of drug-likeness (QED) is 0.346. The number of aromatic nitrogens is 2. The van der Waals surface area contributed by atoms with E-state index in [-0.39, 0.29) is 41.5 Å². The summed E-state index contributed by atoms with van der Waals surface area (Å²) >= 11 is 0. The number of nitrogens with zero attached hydrogens (tertiary/aromatic N) is 1. The van der Waals surface area contributed by atoms with Crippen molar-refractivity contribution in [2.24, 2.45) is 7.05 Å². The van der Waals surface area contributed by atoms with Crippen LogP contribution in [0.4, 0.5) is 4.39 Å². The van der Waals surface area contributed by atoms with Gasteiger partial charge in [-0.15, -0.1) is 0 Å². The lowest BCUT2D eigenvalue weighted by molar-refractivity contribution is 0.103. The molecule has 0 saturated heterocycles. The lowest BCUT2D eigenvalue weighted by Crippen LogP contribution is -2.23. The number of H-pyrrole nitrogens is 1. The Labute approximate surface area is 201 Å². The second-order valence-electron chi connectivity index (χ2n) is 8.06. The van der Waals surface area contributed by atoms with E-state index in [1.54, 1.807) is 54.2 Å². The molecule has 2 aromatic carbocycles. The number of aryl methyl sites for hydroxylation is 2. The second-order valence-corrected chi connectivity index (χ2v) is 10.1. The molecule has 0 amide bonds. The highest BCUT2D eigenvalue weighted by Gasteiger charge is 2.21. The number of carbonyl (C=O) groups excluding carboxylic acids is 1. The van der Waals surface area contributed by atoms with Crippen molar-refractivity contribution in [1.82, 2.24) is 14.3 Å². The van der Waals surface area contributed by atoms with Gasteiger partial charge in [-0.2, -0.15) is 0 Å². The van der Waals surface area contributed by atoms with Crippen molar-refractivity contribution in [1.29, 1.82) is 0 Å². The van der Waals surface area contributed by atoms with Crippen molar-refractivity contribution in [2.75, 3.05) is 12.8 Å². The number of hydrogen-bond donors (Lipinski definition) is 2. The zero-order valence-electron chi connectivity index (χ0n) is 19.2. The minimum atomic E-state index is -3.49. The van der Waals surface area contributed by atoms with Gasteiger partial charge in [-0.25, -0.2) is 17.5 Å². The molecule has 0 aliphatic rings. The Hall–Kier alpha value is -3.76. The molecule has 0 saturated carbocycles. The van der Waals surface area contributed by atoms with Crippen molar-refractivity contribution < 1.29 is 22.3 Å². The molecule has 182 valence electrons. The highest BCUT2D eigenvalue weighted by atomic mass is 32.2. The van der Waals surface area contributed by atoms with E-state index in [0.717, 1.165) is 5.56 Å². The molecule has 0 bridgehead atoms. The molecule has 2 heterocycles. The van der Waals surface area contributed by atoms with Crippen molar-refractivity contribution in [3.05, 3.63) is 99.3 Å². The number of rotatable bonds is 9. The van der Waals surface area contributed by atoms with E-state index >= 15 is 0 Å². The van der Waals surface area contributed by atoms with Gasteiger partial charge in [0.05, 0.1) is 5.75 Å². The Morgan fingerprint density at radius 2 is 1.86 bits per heavy atom. The Morgan fingerprint density at radius 1 is 1.11 bits per heavy atom. The first-order chi connectivity index (χ1) is 16.7. The average molecular weight is 498 g/mol. The van der Waals surface area contributed by atoms with E-state index in [4.69, 9.17) is 4.74 Å². The first-order valence-corrected chi connectivity index (χ1v) is 12.5. The molecular weight excluding hydrogens is 473 g/mol. The monoisotopic (exact) mass is 497 g/mol. The predicted molar refractivity (Wildman–Crippen MR) is 131 cm³/mol. The first-order valence-electron chi connectivity index (χ1n) is 10.8. The Bertz CT molecular complexity index is 1560. The van der Waals surface area contributed by atoms with Gasteiger partial charge in [-0.3, -0.25) is 9.59 Å². The van der Waals surface area contributed by atoms with Crippen LogP contribution >= 0.6 is 0 Å². The second kappa shape index (κ2) is 9.85. The number of halogens is 1. The maximum absolute atomic E-state index is 13.7. The SMILES string of the molecule is CNS(=O)(=O)CCc1ccc(OCc2ccc(F)cc2)cc1C(=O)c1cn(C)c2c(=O)[nH]ccc12. The number of aromatic amines is 1. The largest absolute Gasteiger partial charge is 0.489 e. The molecule has 8 nitrogen and oxygen atoms in total. The fraction of sp³-hybridized carbons (Fsp3) is 0.200. The number of ether oxygens (including phenoxy) is 1. The molecule has 10 heteroatoms. The number of carbonyl (C=O) groups is 1. The fourth-order valence-corrected chi connectivity index (χ4v) is 4.55. The van der Waals surface area contributed by atoms with Crippen LogP contribution in [0.2, 0.25) is 0 Å². The summed E-state index contributed by atoms with van der Waals surface area (Å²) in [6.45, 7) is 0.158. The van der Waals surface area contributed by atoms with Crippen LogP contribution in [-0.4, -0.2) is 36.6 Å². The first kappa shape index (κ1) is 24.4. The molecule has 4 aromatic rings. The van der Waals surface area contributed by atoms with Gasteiger partial charge in [0, 0.05) is 36.0 Å². The maximum atomic E-state index is 13.7. The summed E-state index contributed by atoms with van der Waals surface area (Å²) < 4.78 is 46.9. The number of benzene rings is 2. The normalized spacial score (nSPS) is 11.6. The molecule has 0 radical (unpaired) electrons. The molecule has 35 heavy (non-hydrogen) atoms. The van der Waals surface area contributed by atoms with Gasteiger partial charge in [0.25, 0.3) is 5.56 Å². The van der Waals surface area contributed by atoms with Gasteiger partial charge in [0.1, 0.15) is 23.7 Å². The van der Waals surface area contributed by atoms with Crippen LogP contribution in [-0.2, 0) is 30.1 Å². The minimum Gasteiger partial charge on any atom is -0.489 e. The Kier molecular flexibility index (Phi) is 6.86. The van der Waals surface area contributed by atoms with Crippen LogP contribution in [0.25, 0.3) is 10.9 Å². The Morgan fingerprint density at radius 3 is 2.57 bits per heavy atom. The summed E-state index contributed by atoms with van der Waals surface area (Å²) in [6.07, 6.45) is 3.17. The van der Waals surface area contributed by atoms with Gasteiger partial charge >= 0.3 is 0 Å². The van der Waals surface area contributed by atoms with Gasteiger partial charge in [-0.05, 0) is 54.9 Å². The summed E-state index contributed by atoms with van der Waals surface area (Å²) in [7, 11) is -0.481. The number of ketones is 1. The summed E-state index contributed by atoms with van der Waals surface area (Å²) in [6, 6.07) is 12.4. The highest BCUT2D eigenvalue weighted by Crippen LogP contribution is 2.26. The van der Waals surface area contributed by atoms with Crippen LogP contribution < -0.4 is 15.0 Å². The van der Waals surface area contributed by atoms with E-state index in [1.165, 1.54) is 25.4 Å². The van der Waals surface area contributed by atoms with E-state index in [0.29, 0.717) is 27.8 Å². The van der Waals surface area contributed by atoms with E-state index < -0.39 is 10.0 Å². The number of nitrogens with one attached hydrogen (secondary N) is 2. The van der Waals surface area contributed by atoms with Gasteiger partial charge in [0.2, 0.25) is 10.0 Å². The molecule has 0 aliphatic heterocycles. The zero-order valence-corrected chi connectivity index (χ0v) is 20.0. The fourth-order valence-electron chi connectivity index (χ4n) is 3.86. The third-order valence-corrected chi connectivity index (χ3v) is 7.10. The third-order valence-electron chi connectivity index (χ3n) is 5.74. The number of pyridine rings is 1. The molecule has 0 aliphatic carbocycles. The van der Waals surface area contributed by atoms with E-state index in [9.17, 15) is 22.4 Å². The topological polar surface area (TPSA) is 110 Å². The number of fused-ring (bicyclic) bond motifs is 1. The standard InChI is InChI=1S/C25H24FN3O5S/c1-27-35(32,33)12-10-17-5-8-19(34-15-16-3-6-18(26)7-4-16)13-21(17)24(30)22-14-29(2)23-20(22)9-11-28-25(23)31/h3-9,11,13-14,27H,10,12,15H2,1-2H3,(H,28,31). The molecule has 4 rings (SSSR count). The van der Waals surface area contributed by atoms with Crippen molar-refractivity contribution in [3.63, 3.8) is 0 Å². The van der Waals surface area contributed by atoms with Crippen molar-refractivity contribution >= 4 is 26.7 Å². The van der Waals surface area contributed by atoms with Crippen molar-refractivity contribution in [3.8, 4) is 5.75 Å². The van der Waals surface area contributed by atoms with Crippen LogP contribution in [0.3, 0.4) is 0 Å². The summed E-state index contributed by atoms with van der Waals surface area (Å²) in [5, 5.41) is 0.493. The van der Waals surface area contributed by atoms with Crippen molar-refractivity contribution in [2.45, 2.75) is 13.0 Å². The summed E-state index contributed by atoms with van der Waals surface area (Å²) in [5.74, 6) is -0.507. The van der Waals surface area contributed by atoms with Gasteiger partial charge in [0.15, 0.2) is 5.78 Å². The number of hydrogen-bond acceptors (Lipinski definition) is 5. The van der Waals surface area contributed by atoms with Crippen LogP contribution in [0, 0.1) is 5.82 Å².